The standard InChI is InChI=1S/C16H18ClN3O/c17-8-3-4-9-18-16-13-7-10-21-14-6-2-1-5-12(14)15(13)19-11-20-16/h1-2,5-6,11H,3-4,7-10H2,(H,18,19,20). The van der Waals surface area contributed by atoms with Gasteiger partial charge in [-0.3, -0.25) is 0 Å². The van der Waals surface area contributed by atoms with Crippen LogP contribution in [0.4, 0.5) is 5.82 Å². The summed E-state index contributed by atoms with van der Waals surface area (Å²) in [5.74, 6) is 2.50. The fourth-order valence-corrected chi connectivity index (χ4v) is 2.70. The highest BCUT2D eigenvalue weighted by atomic mass is 35.5. The maximum atomic E-state index is 5.82. The van der Waals surface area contributed by atoms with E-state index in [1.165, 1.54) is 0 Å². The van der Waals surface area contributed by atoms with Gasteiger partial charge >= 0.3 is 0 Å². The number of hydrogen-bond donors (Lipinski definition) is 1. The number of hydrogen-bond acceptors (Lipinski definition) is 4. The summed E-state index contributed by atoms with van der Waals surface area (Å²) in [6.45, 7) is 1.52. The summed E-state index contributed by atoms with van der Waals surface area (Å²) in [7, 11) is 0. The monoisotopic (exact) mass is 303 g/mol. The van der Waals surface area contributed by atoms with E-state index in [9.17, 15) is 0 Å². The number of anilines is 1. The first kappa shape index (κ1) is 14.1. The van der Waals surface area contributed by atoms with Crippen molar-refractivity contribution in [2.24, 2.45) is 0 Å². The van der Waals surface area contributed by atoms with E-state index in [0.29, 0.717) is 12.5 Å². The van der Waals surface area contributed by atoms with Crippen LogP contribution in [-0.4, -0.2) is 29.0 Å². The van der Waals surface area contributed by atoms with Crippen LogP contribution in [0, 0.1) is 0 Å². The molecular formula is C16H18ClN3O. The summed E-state index contributed by atoms with van der Waals surface area (Å²) < 4.78 is 5.82. The van der Waals surface area contributed by atoms with Crippen LogP contribution in [0.2, 0.25) is 0 Å². The van der Waals surface area contributed by atoms with Crippen LogP contribution in [-0.2, 0) is 6.42 Å². The van der Waals surface area contributed by atoms with Gasteiger partial charge in [-0.15, -0.1) is 11.6 Å². The highest BCUT2D eigenvalue weighted by Crippen LogP contribution is 2.35. The zero-order valence-corrected chi connectivity index (χ0v) is 12.6. The van der Waals surface area contributed by atoms with Gasteiger partial charge in [-0.25, -0.2) is 9.97 Å². The van der Waals surface area contributed by atoms with Gasteiger partial charge in [0.05, 0.1) is 12.3 Å². The Morgan fingerprint density at radius 1 is 1.19 bits per heavy atom. The van der Waals surface area contributed by atoms with Crippen LogP contribution < -0.4 is 10.1 Å². The van der Waals surface area contributed by atoms with Crippen LogP contribution in [0.1, 0.15) is 18.4 Å². The number of alkyl halides is 1. The maximum absolute atomic E-state index is 5.82. The van der Waals surface area contributed by atoms with E-state index in [-0.39, 0.29) is 0 Å². The average molecular weight is 304 g/mol. The molecular weight excluding hydrogens is 286 g/mol. The molecule has 1 aliphatic heterocycles. The van der Waals surface area contributed by atoms with Crippen molar-refractivity contribution in [3.63, 3.8) is 0 Å². The molecule has 1 aromatic heterocycles. The molecule has 0 saturated carbocycles. The first-order valence-corrected chi connectivity index (χ1v) is 7.79. The molecule has 0 unspecified atom stereocenters. The fraction of sp³-hybridized carbons (Fsp3) is 0.375. The molecule has 0 atom stereocenters. The van der Waals surface area contributed by atoms with E-state index in [2.05, 4.69) is 15.3 Å². The molecule has 1 N–H and O–H groups in total. The summed E-state index contributed by atoms with van der Waals surface area (Å²) in [4.78, 5) is 8.87. The molecule has 0 spiro atoms. The minimum Gasteiger partial charge on any atom is -0.493 e. The minimum absolute atomic E-state index is 0.647. The Morgan fingerprint density at radius 2 is 2.10 bits per heavy atom. The summed E-state index contributed by atoms with van der Waals surface area (Å²) in [6, 6.07) is 8.02. The number of para-hydroxylation sites is 1. The Kier molecular flexibility index (Phi) is 4.55. The van der Waals surface area contributed by atoms with Crippen molar-refractivity contribution >= 4 is 17.4 Å². The molecule has 0 aliphatic carbocycles. The van der Waals surface area contributed by atoms with E-state index in [0.717, 1.165) is 54.2 Å². The summed E-state index contributed by atoms with van der Waals surface area (Å²) in [5, 5.41) is 3.40. The normalized spacial score (nSPS) is 12.8. The van der Waals surface area contributed by atoms with E-state index in [1.54, 1.807) is 6.33 Å². The second kappa shape index (κ2) is 6.76. The molecule has 0 saturated heterocycles. The molecule has 0 radical (unpaired) electrons. The highest BCUT2D eigenvalue weighted by Gasteiger charge is 2.19. The van der Waals surface area contributed by atoms with Gasteiger partial charge in [0.15, 0.2) is 0 Å². The number of ether oxygens (including phenoxy) is 1. The van der Waals surface area contributed by atoms with E-state index < -0.39 is 0 Å². The Hall–Kier alpha value is -1.81. The molecule has 1 aromatic carbocycles. The SMILES string of the molecule is ClCCCCNc1ncnc2c1CCOc1ccccc1-2. The Bertz CT molecular complexity index is 618. The molecule has 21 heavy (non-hydrogen) atoms. The van der Waals surface area contributed by atoms with Crippen LogP contribution in [0.3, 0.4) is 0 Å². The molecule has 5 heteroatoms. The molecule has 110 valence electrons. The van der Waals surface area contributed by atoms with Crippen LogP contribution in [0.25, 0.3) is 11.3 Å². The Balaban J connectivity index is 1.90. The van der Waals surface area contributed by atoms with Crippen molar-refractivity contribution < 1.29 is 4.74 Å². The first-order valence-electron chi connectivity index (χ1n) is 7.26. The third kappa shape index (κ3) is 3.10. The number of aromatic nitrogens is 2. The largest absolute Gasteiger partial charge is 0.493 e. The smallest absolute Gasteiger partial charge is 0.133 e. The molecule has 0 amide bonds. The van der Waals surface area contributed by atoms with Gasteiger partial charge in [0.2, 0.25) is 0 Å². The molecule has 0 fully saturated rings. The maximum Gasteiger partial charge on any atom is 0.133 e. The van der Waals surface area contributed by atoms with Crippen LogP contribution in [0.15, 0.2) is 30.6 Å². The topological polar surface area (TPSA) is 47.0 Å². The average Bonchev–Trinajstić information content (AvgIpc) is 2.71. The number of nitrogens with zero attached hydrogens (tertiary/aromatic N) is 2. The van der Waals surface area contributed by atoms with Gasteiger partial charge in [-0.2, -0.15) is 0 Å². The molecule has 2 heterocycles. The van der Waals surface area contributed by atoms with Crippen molar-refractivity contribution in [1.29, 1.82) is 0 Å². The lowest BCUT2D eigenvalue weighted by Gasteiger charge is -2.12. The first-order chi connectivity index (χ1) is 10.4. The number of rotatable bonds is 5. The predicted octanol–water partition coefficient (Wildman–Crippen LogP) is 3.51. The van der Waals surface area contributed by atoms with Crippen molar-refractivity contribution in [2.45, 2.75) is 19.3 Å². The number of halogens is 1. The van der Waals surface area contributed by atoms with Crippen molar-refractivity contribution in [1.82, 2.24) is 9.97 Å². The van der Waals surface area contributed by atoms with Gasteiger partial charge in [0.25, 0.3) is 0 Å². The third-order valence-corrected chi connectivity index (χ3v) is 3.82. The van der Waals surface area contributed by atoms with Crippen LogP contribution in [0.5, 0.6) is 5.75 Å². The van der Waals surface area contributed by atoms with Crippen LogP contribution >= 0.6 is 11.6 Å². The molecule has 0 bridgehead atoms. The molecule has 2 aromatic rings. The highest BCUT2D eigenvalue weighted by molar-refractivity contribution is 6.17. The van der Waals surface area contributed by atoms with Crippen molar-refractivity contribution in [3.8, 4) is 17.0 Å². The molecule has 1 aliphatic rings. The number of unbranched alkanes of at least 4 members (excludes halogenated alkanes) is 1. The van der Waals surface area contributed by atoms with E-state index in [4.69, 9.17) is 16.3 Å². The Labute approximate surface area is 129 Å². The Morgan fingerprint density at radius 3 is 3.00 bits per heavy atom. The van der Waals surface area contributed by atoms with Gasteiger partial charge in [-0.05, 0) is 25.0 Å². The van der Waals surface area contributed by atoms with Gasteiger partial charge in [0.1, 0.15) is 17.9 Å². The number of fused-ring (bicyclic) bond motifs is 3. The lowest BCUT2D eigenvalue weighted by atomic mass is 10.0. The summed E-state index contributed by atoms with van der Waals surface area (Å²) in [6.07, 6.45) is 4.47. The lowest BCUT2D eigenvalue weighted by molar-refractivity contribution is 0.326. The molecule has 4 nitrogen and oxygen atoms in total. The van der Waals surface area contributed by atoms with Gasteiger partial charge in [-0.1, -0.05) is 12.1 Å². The van der Waals surface area contributed by atoms with Gasteiger partial charge < -0.3 is 10.1 Å². The van der Waals surface area contributed by atoms with Gasteiger partial charge in [0, 0.05) is 30.0 Å². The zero-order chi connectivity index (χ0) is 14.5. The van der Waals surface area contributed by atoms with Crippen molar-refractivity contribution in [2.75, 3.05) is 24.3 Å². The number of nitrogens with one attached hydrogen (secondary N) is 1. The molecule has 3 rings (SSSR count). The quantitative estimate of drug-likeness (QED) is 0.678. The summed E-state index contributed by atoms with van der Waals surface area (Å²) in [5.41, 5.74) is 3.14. The zero-order valence-electron chi connectivity index (χ0n) is 11.8. The van der Waals surface area contributed by atoms with E-state index in [1.807, 2.05) is 24.3 Å². The van der Waals surface area contributed by atoms with E-state index >= 15 is 0 Å². The second-order valence-corrected chi connectivity index (χ2v) is 5.34. The number of benzene rings is 1. The lowest BCUT2D eigenvalue weighted by Crippen LogP contribution is -2.09. The summed E-state index contributed by atoms with van der Waals surface area (Å²) >= 11 is 5.71. The predicted molar refractivity (Wildman–Crippen MR) is 85.1 cm³/mol. The second-order valence-electron chi connectivity index (χ2n) is 4.97. The van der Waals surface area contributed by atoms with Crippen molar-refractivity contribution in [3.05, 3.63) is 36.2 Å². The third-order valence-electron chi connectivity index (χ3n) is 3.55. The minimum atomic E-state index is 0.647. The fourth-order valence-electron chi connectivity index (χ4n) is 2.51.